The van der Waals surface area contributed by atoms with E-state index < -0.39 is 15.9 Å². The first-order valence-corrected chi connectivity index (χ1v) is 12.3. The van der Waals surface area contributed by atoms with Gasteiger partial charge in [-0.25, -0.2) is 8.42 Å². The molecule has 1 heterocycles. The number of benzene rings is 2. The highest BCUT2D eigenvalue weighted by molar-refractivity contribution is 7.89. The molecule has 0 aliphatic carbocycles. The summed E-state index contributed by atoms with van der Waals surface area (Å²) >= 11 is 0. The molecule has 2 aromatic carbocycles. The van der Waals surface area contributed by atoms with E-state index >= 15 is 0 Å². The number of methoxy groups -OCH3 is 2. The monoisotopic (exact) mass is 461 g/mol. The number of nitrogens with zero attached hydrogens (tertiary/aromatic N) is 2. The molecule has 0 spiro atoms. The minimum atomic E-state index is -3.45. The van der Waals surface area contributed by atoms with Crippen LogP contribution in [0.4, 0.5) is 0 Å². The van der Waals surface area contributed by atoms with Crippen LogP contribution in [0.25, 0.3) is 0 Å². The largest absolute Gasteiger partial charge is 0.496 e. The van der Waals surface area contributed by atoms with Crippen LogP contribution >= 0.6 is 0 Å². The van der Waals surface area contributed by atoms with Crippen LogP contribution in [0.3, 0.4) is 0 Å². The summed E-state index contributed by atoms with van der Waals surface area (Å²) in [6.45, 7) is 3.26. The topological polar surface area (TPSA) is 88.2 Å². The molecule has 174 valence electrons. The number of ether oxygens (including phenoxy) is 2. The van der Waals surface area contributed by atoms with Crippen molar-refractivity contribution in [1.82, 2.24) is 14.5 Å². The summed E-state index contributed by atoms with van der Waals surface area (Å²) < 4.78 is 37.5. The highest BCUT2D eigenvalue weighted by atomic mass is 32.2. The fraction of sp³-hybridized carbons (Fsp3) is 0.435. The summed E-state index contributed by atoms with van der Waals surface area (Å²) in [5, 5.41) is 2.68. The molecule has 1 saturated heterocycles. The maximum Gasteiger partial charge on any atom is 0.258 e. The number of carbonyl (C=O) groups excluding carboxylic acids is 1. The van der Waals surface area contributed by atoms with Crippen molar-refractivity contribution in [3.8, 4) is 11.5 Å². The second-order valence-electron chi connectivity index (χ2n) is 7.59. The Kier molecular flexibility index (Phi) is 8.49. The van der Waals surface area contributed by atoms with Gasteiger partial charge in [0.25, 0.3) is 5.91 Å². The van der Waals surface area contributed by atoms with Gasteiger partial charge in [-0.3, -0.25) is 4.79 Å². The van der Waals surface area contributed by atoms with Crippen LogP contribution in [-0.2, 0) is 16.4 Å². The van der Waals surface area contributed by atoms with Gasteiger partial charge in [0.1, 0.15) is 17.1 Å². The molecule has 2 aromatic rings. The average Bonchev–Trinajstić information content (AvgIpc) is 2.82. The van der Waals surface area contributed by atoms with Gasteiger partial charge in [0, 0.05) is 39.3 Å². The minimum Gasteiger partial charge on any atom is -0.496 e. The molecule has 0 atom stereocenters. The smallest absolute Gasteiger partial charge is 0.258 e. The SMILES string of the molecule is COc1cccc(OC)c1C(=O)NCCS(=O)(=O)N1CCN(CCc2ccccc2)CC1. The molecule has 0 bridgehead atoms. The van der Waals surface area contributed by atoms with E-state index in [4.69, 9.17) is 9.47 Å². The summed E-state index contributed by atoms with van der Waals surface area (Å²) in [6.07, 6.45) is 0.950. The molecule has 0 saturated carbocycles. The highest BCUT2D eigenvalue weighted by Gasteiger charge is 2.27. The number of carbonyl (C=O) groups is 1. The molecule has 1 aliphatic rings. The van der Waals surface area contributed by atoms with Gasteiger partial charge in [0.2, 0.25) is 10.0 Å². The predicted molar refractivity (Wildman–Crippen MR) is 124 cm³/mol. The van der Waals surface area contributed by atoms with Crippen LogP contribution in [-0.4, -0.2) is 82.8 Å². The molecule has 0 radical (unpaired) electrons. The van der Waals surface area contributed by atoms with Gasteiger partial charge < -0.3 is 19.7 Å². The second kappa shape index (κ2) is 11.3. The van der Waals surface area contributed by atoms with Crippen LogP contribution in [0.5, 0.6) is 11.5 Å². The van der Waals surface area contributed by atoms with E-state index in [-0.39, 0.29) is 17.9 Å². The number of hydrogen-bond donors (Lipinski definition) is 1. The molecule has 1 amide bonds. The summed E-state index contributed by atoms with van der Waals surface area (Å²) in [5.74, 6) is 0.160. The lowest BCUT2D eigenvalue weighted by Gasteiger charge is -2.34. The van der Waals surface area contributed by atoms with Crippen LogP contribution < -0.4 is 14.8 Å². The number of amides is 1. The van der Waals surface area contributed by atoms with Gasteiger partial charge in [-0.2, -0.15) is 4.31 Å². The van der Waals surface area contributed by atoms with Crippen molar-refractivity contribution in [2.75, 3.05) is 59.2 Å². The normalized spacial score (nSPS) is 15.3. The molecular weight excluding hydrogens is 430 g/mol. The van der Waals surface area contributed by atoms with Crippen molar-refractivity contribution in [3.05, 3.63) is 59.7 Å². The molecule has 1 aliphatic heterocycles. The Morgan fingerprint density at radius 2 is 1.56 bits per heavy atom. The lowest BCUT2D eigenvalue weighted by atomic mass is 10.1. The predicted octanol–water partition coefficient (Wildman–Crippen LogP) is 1.62. The summed E-state index contributed by atoms with van der Waals surface area (Å²) in [4.78, 5) is 14.9. The van der Waals surface area contributed by atoms with Crippen molar-refractivity contribution in [3.63, 3.8) is 0 Å². The summed E-state index contributed by atoms with van der Waals surface area (Å²) in [5.41, 5.74) is 1.53. The molecule has 3 rings (SSSR count). The maximum absolute atomic E-state index is 12.7. The van der Waals surface area contributed by atoms with Crippen LogP contribution in [0.1, 0.15) is 15.9 Å². The van der Waals surface area contributed by atoms with Crippen LogP contribution in [0.2, 0.25) is 0 Å². The number of rotatable bonds is 10. The Hall–Kier alpha value is -2.62. The van der Waals surface area contributed by atoms with Crippen molar-refractivity contribution in [2.45, 2.75) is 6.42 Å². The molecule has 9 heteroatoms. The Morgan fingerprint density at radius 3 is 2.16 bits per heavy atom. The lowest BCUT2D eigenvalue weighted by Crippen LogP contribution is -2.50. The van der Waals surface area contributed by atoms with Gasteiger partial charge in [-0.15, -0.1) is 0 Å². The van der Waals surface area contributed by atoms with E-state index in [0.29, 0.717) is 37.7 Å². The third-order valence-electron chi connectivity index (χ3n) is 5.58. The lowest BCUT2D eigenvalue weighted by molar-refractivity contribution is 0.0949. The Morgan fingerprint density at radius 1 is 0.938 bits per heavy atom. The summed E-state index contributed by atoms with van der Waals surface area (Å²) in [7, 11) is -0.518. The first-order valence-electron chi connectivity index (χ1n) is 10.7. The Bertz CT molecular complexity index is 968. The minimum absolute atomic E-state index is 0.0105. The number of hydrogen-bond acceptors (Lipinski definition) is 6. The third-order valence-corrected chi connectivity index (χ3v) is 7.46. The number of sulfonamides is 1. The molecule has 0 aromatic heterocycles. The van der Waals surface area contributed by atoms with Crippen molar-refractivity contribution >= 4 is 15.9 Å². The van der Waals surface area contributed by atoms with Crippen molar-refractivity contribution in [2.24, 2.45) is 0 Å². The zero-order valence-corrected chi connectivity index (χ0v) is 19.4. The van der Waals surface area contributed by atoms with Crippen LogP contribution in [0, 0.1) is 0 Å². The van der Waals surface area contributed by atoms with E-state index in [1.807, 2.05) is 18.2 Å². The quantitative estimate of drug-likeness (QED) is 0.579. The van der Waals surface area contributed by atoms with E-state index in [1.165, 1.54) is 24.1 Å². The van der Waals surface area contributed by atoms with Gasteiger partial charge >= 0.3 is 0 Å². The Balaban J connectivity index is 1.46. The third kappa shape index (κ3) is 6.21. The number of piperazine rings is 1. The second-order valence-corrected chi connectivity index (χ2v) is 9.67. The molecule has 1 fully saturated rings. The molecule has 32 heavy (non-hydrogen) atoms. The van der Waals surface area contributed by atoms with E-state index in [9.17, 15) is 13.2 Å². The fourth-order valence-corrected chi connectivity index (χ4v) is 5.09. The maximum atomic E-state index is 12.7. The Labute approximate surface area is 190 Å². The highest BCUT2D eigenvalue weighted by Crippen LogP contribution is 2.27. The number of nitrogens with one attached hydrogen (secondary N) is 1. The first kappa shape index (κ1) is 24.0. The van der Waals surface area contributed by atoms with Crippen LogP contribution in [0.15, 0.2) is 48.5 Å². The standard InChI is InChI=1S/C23H31N3O5S/c1-30-20-9-6-10-21(31-2)22(20)23(27)24-12-18-32(28,29)26-16-14-25(15-17-26)13-11-19-7-4-3-5-8-19/h3-10H,11-18H2,1-2H3,(H,24,27). The first-order chi connectivity index (χ1) is 15.4. The van der Waals surface area contributed by atoms with Gasteiger partial charge in [-0.1, -0.05) is 36.4 Å². The average molecular weight is 462 g/mol. The molecule has 8 nitrogen and oxygen atoms in total. The molecular formula is C23H31N3O5S. The summed E-state index contributed by atoms with van der Waals surface area (Å²) in [6, 6.07) is 15.3. The van der Waals surface area contributed by atoms with Crippen molar-refractivity contribution < 1.29 is 22.7 Å². The molecule has 1 N–H and O–H groups in total. The molecule has 0 unspecified atom stereocenters. The van der Waals surface area contributed by atoms with E-state index in [0.717, 1.165) is 13.0 Å². The van der Waals surface area contributed by atoms with Gasteiger partial charge in [-0.05, 0) is 24.1 Å². The van der Waals surface area contributed by atoms with Crippen molar-refractivity contribution in [1.29, 1.82) is 0 Å². The van der Waals surface area contributed by atoms with Gasteiger partial charge in [0.15, 0.2) is 0 Å². The van der Waals surface area contributed by atoms with Gasteiger partial charge in [0.05, 0.1) is 20.0 Å². The zero-order valence-electron chi connectivity index (χ0n) is 18.6. The fourth-order valence-electron chi connectivity index (χ4n) is 3.75. The zero-order chi connectivity index (χ0) is 23.0. The van der Waals surface area contributed by atoms with E-state index in [1.54, 1.807) is 18.2 Å². The van der Waals surface area contributed by atoms with E-state index in [2.05, 4.69) is 22.3 Å².